The minimum Gasteiger partial charge on any atom is -0.366 e. The standard InChI is InChI=1S/C22H24Br2N2/c1-21-10-2-13-26(21)20-9-6-17(24)14-19(20)22(15-21)11-3-12-25(22)18-7-4-16(23)5-8-18/h4-9,14H,2-3,10-13,15H2,1H3/t21-,22+/m1/s1. The Hall–Kier alpha value is -1.00. The Morgan fingerprint density at radius 2 is 1.54 bits per heavy atom. The van der Waals surface area contributed by atoms with E-state index >= 15 is 0 Å². The molecule has 2 nitrogen and oxygen atoms in total. The third kappa shape index (κ3) is 2.41. The highest BCUT2D eigenvalue weighted by Crippen LogP contribution is 2.57. The van der Waals surface area contributed by atoms with Crippen LogP contribution in [0.1, 0.15) is 44.6 Å². The van der Waals surface area contributed by atoms with Crippen LogP contribution in [0.15, 0.2) is 51.4 Å². The molecule has 3 aliphatic heterocycles. The molecule has 2 atom stereocenters. The number of hydrogen-bond donors (Lipinski definition) is 0. The fraction of sp³-hybridized carbons (Fsp3) is 0.455. The van der Waals surface area contributed by atoms with Crippen molar-refractivity contribution < 1.29 is 0 Å². The summed E-state index contributed by atoms with van der Waals surface area (Å²) in [4.78, 5) is 5.39. The van der Waals surface area contributed by atoms with Crippen LogP contribution in [0, 0.1) is 0 Å². The predicted octanol–water partition coefficient (Wildman–Crippen LogP) is 6.47. The van der Waals surface area contributed by atoms with Gasteiger partial charge in [-0.1, -0.05) is 31.9 Å². The van der Waals surface area contributed by atoms with Crippen LogP contribution in [0.3, 0.4) is 0 Å². The monoisotopic (exact) mass is 474 g/mol. The Labute approximate surface area is 172 Å². The zero-order valence-electron chi connectivity index (χ0n) is 15.1. The van der Waals surface area contributed by atoms with Gasteiger partial charge >= 0.3 is 0 Å². The number of nitrogens with zero attached hydrogens (tertiary/aromatic N) is 2. The molecule has 1 spiro atoms. The number of benzene rings is 2. The number of fused-ring (bicyclic) bond motifs is 4. The van der Waals surface area contributed by atoms with Gasteiger partial charge in [-0.3, -0.25) is 0 Å². The van der Waals surface area contributed by atoms with Gasteiger partial charge in [-0.15, -0.1) is 0 Å². The zero-order valence-corrected chi connectivity index (χ0v) is 18.3. The van der Waals surface area contributed by atoms with Gasteiger partial charge in [-0.05, 0) is 81.5 Å². The molecule has 0 saturated carbocycles. The zero-order chi connectivity index (χ0) is 17.9. The van der Waals surface area contributed by atoms with Crippen molar-refractivity contribution in [2.45, 2.75) is 50.1 Å². The molecule has 2 aromatic rings. The highest BCUT2D eigenvalue weighted by molar-refractivity contribution is 9.10. The van der Waals surface area contributed by atoms with Gasteiger partial charge < -0.3 is 9.80 Å². The van der Waals surface area contributed by atoms with Gasteiger partial charge in [0.1, 0.15) is 0 Å². The van der Waals surface area contributed by atoms with Crippen LogP contribution in [-0.2, 0) is 5.54 Å². The van der Waals surface area contributed by atoms with Gasteiger partial charge in [0, 0.05) is 44.5 Å². The minimum atomic E-state index is 0.114. The number of anilines is 2. The second-order valence-corrected chi connectivity index (χ2v) is 10.2. The van der Waals surface area contributed by atoms with E-state index in [9.17, 15) is 0 Å². The molecule has 2 fully saturated rings. The second-order valence-electron chi connectivity index (χ2n) is 8.35. The minimum absolute atomic E-state index is 0.114. The van der Waals surface area contributed by atoms with E-state index < -0.39 is 0 Å². The van der Waals surface area contributed by atoms with Crippen molar-refractivity contribution in [1.29, 1.82) is 0 Å². The summed E-state index contributed by atoms with van der Waals surface area (Å²) < 4.78 is 2.34. The molecule has 0 amide bonds. The average Bonchev–Trinajstić information content (AvgIpc) is 3.20. The van der Waals surface area contributed by atoms with Gasteiger partial charge in [0.05, 0.1) is 5.54 Å². The fourth-order valence-electron chi connectivity index (χ4n) is 5.80. The molecular weight excluding hydrogens is 452 g/mol. The summed E-state index contributed by atoms with van der Waals surface area (Å²) in [7, 11) is 0. The van der Waals surface area contributed by atoms with Crippen LogP contribution >= 0.6 is 31.9 Å². The van der Waals surface area contributed by atoms with Crippen LogP contribution in [0.5, 0.6) is 0 Å². The average molecular weight is 476 g/mol. The van der Waals surface area contributed by atoms with Gasteiger partial charge in [-0.2, -0.15) is 0 Å². The van der Waals surface area contributed by atoms with E-state index in [1.165, 1.54) is 60.1 Å². The highest BCUT2D eigenvalue weighted by Gasteiger charge is 2.55. The maximum atomic E-state index is 3.75. The summed E-state index contributed by atoms with van der Waals surface area (Å²) in [5, 5.41) is 0. The molecule has 136 valence electrons. The molecule has 0 aromatic heterocycles. The Kier molecular flexibility index (Phi) is 3.95. The summed E-state index contributed by atoms with van der Waals surface area (Å²) in [6, 6.07) is 15.9. The summed E-state index contributed by atoms with van der Waals surface area (Å²) in [6.07, 6.45) is 6.34. The maximum Gasteiger partial charge on any atom is 0.0697 e. The van der Waals surface area contributed by atoms with Crippen molar-refractivity contribution >= 4 is 43.2 Å². The molecule has 4 heteroatoms. The first-order chi connectivity index (χ1) is 12.5. The first kappa shape index (κ1) is 17.1. The number of halogens is 2. The normalized spacial score (nSPS) is 30.0. The molecule has 0 aliphatic carbocycles. The van der Waals surface area contributed by atoms with Gasteiger partial charge in [-0.25, -0.2) is 0 Å². The molecule has 3 heterocycles. The number of rotatable bonds is 1. The lowest BCUT2D eigenvalue weighted by Gasteiger charge is -2.54. The van der Waals surface area contributed by atoms with Crippen molar-refractivity contribution in [3.05, 3.63) is 57.0 Å². The van der Waals surface area contributed by atoms with Crippen molar-refractivity contribution in [3.8, 4) is 0 Å². The summed E-state index contributed by atoms with van der Waals surface area (Å²) in [5.41, 5.74) is 4.73. The van der Waals surface area contributed by atoms with Crippen LogP contribution in [0.2, 0.25) is 0 Å². The first-order valence-corrected chi connectivity index (χ1v) is 11.2. The quantitative estimate of drug-likeness (QED) is 0.466. The van der Waals surface area contributed by atoms with Crippen molar-refractivity contribution in [1.82, 2.24) is 0 Å². The number of hydrogen-bond acceptors (Lipinski definition) is 2. The molecule has 0 bridgehead atoms. The lowest BCUT2D eigenvalue weighted by atomic mass is 9.71. The molecule has 3 aliphatic rings. The summed E-state index contributed by atoms with van der Waals surface area (Å²) in [6.45, 7) is 4.83. The molecular formula is C22H24Br2N2. The second kappa shape index (κ2) is 6.00. The Morgan fingerprint density at radius 1 is 0.846 bits per heavy atom. The summed E-state index contributed by atoms with van der Waals surface area (Å²) in [5.74, 6) is 0. The predicted molar refractivity (Wildman–Crippen MR) is 116 cm³/mol. The fourth-order valence-corrected chi connectivity index (χ4v) is 6.42. The van der Waals surface area contributed by atoms with E-state index in [0.717, 1.165) is 11.0 Å². The highest BCUT2D eigenvalue weighted by atomic mass is 79.9. The smallest absolute Gasteiger partial charge is 0.0697 e. The largest absolute Gasteiger partial charge is 0.366 e. The Morgan fingerprint density at radius 3 is 2.35 bits per heavy atom. The van der Waals surface area contributed by atoms with Gasteiger partial charge in [0.15, 0.2) is 0 Å². The van der Waals surface area contributed by atoms with Gasteiger partial charge in [0.2, 0.25) is 0 Å². The van der Waals surface area contributed by atoms with Crippen LogP contribution in [0.4, 0.5) is 11.4 Å². The Balaban J connectivity index is 1.70. The third-order valence-corrected chi connectivity index (χ3v) is 7.82. The third-order valence-electron chi connectivity index (χ3n) is 6.80. The van der Waals surface area contributed by atoms with E-state index in [-0.39, 0.29) is 11.1 Å². The topological polar surface area (TPSA) is 6.48 Å². The molecule has 0 N–H and O–H groups in total. The first-order valence-electron chi connectivity index (χ1n) is 9.63. The van der Waals surface area contributed by atoms with E-state index in [4.69, 9.17) is 0 Å². The van der Waals surface area contributed by atoms with Crippen LogP contribution < -0.4 is 9.80 Å². The van der Waals surface area contributed by atoms with Crippen LogP contribution in [-0.4, -0.2) is 18.6 Å². The SMILES string of the molecule is C[C@]12CCCN1c1ccc(Br)cc1[C@]1(CCCN1c1ccc(Br)cc1)C2. The summed E-state index contributed by atoms with van der Waals surface area (Å²) >= 11 is 7.34. The molecule has 5 rings (SSSR count). The lowest BCUT2D eigenvalue weighted by Crippen LogP contribution is -2.56. The lowest BCUT2D eigenvalue weighted by molar-refractivity contribution is 0.277. The van der Waals surface area contributed by atoms with Crippen molar-refractivity contribution in [3.63, 3.8) is 0 Å². The van der Waals surface area contributed by atoms with E-state index in [1.807, 2.05) is 0 Å². The van der Waals surface area contributed by atoms with Crippen molar-refractivity contribution in [2.75, 3.05) is 22.9 Å². The van der Waals surface area contributed by atoms with Crippen molar-refractivity contribution in [2.24, 2.45) is 0 Å². The molecule has 26 heavy (non-hydrogen) atoms. The van der Waals surface area contributed by atoms with Crippen LogP contribution in [0.25, 0.3) is 0 Å². The maximum absolute atomic E-state index is 3.75. The molecule has 2 aromatic carbocycles. The Bertz CT molecular complexity index is 850. The van der Waals surface area contributed by atoms with Gasteiger partial charge in [0.25, 0.3) is 0 Å². The van der Waals surface area contributed by atoms with E-state index in [0.29, 0.717) is 0 Å². The van der Waals surface area contributed by atoms with E-state index in [2.05, 4.69) is 91.0 Å². The molecule has 2 saturated heterocycles. The van der Waals surface area contributed by atoms with E-state index in [1.54, 1.807) is 0 Å². The molecule has 0 radical (unpaired) electrons. The molecule has 0 unspecified atom stereocenters.